The zero-order valence-electron chi connectivity index (χ0n) is 8.65. The Balaban J connectivity index is 2.34. The van der Waals surface area contributed by atoms with E-state index < -0.39 is 18.2 Å². The van der Waals surface area contributed by atoms with Gasteiger partial charge in [-0.05, 0) is 24.3 Å². The van der Waals surface area contributed by atoms with Crippen molar-refractivity contribution in [2.24, 2.45) is 0 Å². The van der Waals surface area contributed by atoms with Gasteiger partial charge < -0.3 is 9.63 Å². The zero-order chi connectivity index (χ0) is 13.3. The minimum absolute atomic E-state index is 0.0413. The Labute approximate surface area is 97.9 Å². The summed E-state index contributed by atoms with van der Waals surface area (Å²) in [5.41, 5.74) is 0.257. The molecule has 1 heterocycles. The third-order valence-electron chi connectivity index (χ3n) is 2.11. The number of alkyl halides is 4. The highest BCUT2D eigenvalue weighted by atomic mass is 19.3. The van der Waals surface area contributed by atoms with Crippen molar-refractivity contribution >= 4 is 0 Å². The summed E-state index contributed by atoms with van der Waals surface area (Å²) in [5.74, 6) is -6.23. The highest BCUT2D eigenvalue weighted by molar-refractivity contribution is 5.55. The van der Waals surface area contributed by atoms with Crippen molar-refractivity contribution in [1.82, 2.24) is 10.1 Å². The average molecular weight is 262 g/mol. The summed E-state index contributed by atoms with van der Waals surface area (Å²) < 4.78 is 54.0. The monoisotopic (exact) mass is 262 g/mol. The number of aromatic nitrogens is 2. The number of rotatable bonds is 3. The lowest BCUT2D eigenvalue weighted by atomic mass is 10.2. The normalized spacial score (nSPS) is 12.1. The number of phenolic OH excluding ortho intramolecular Hbond substituents is 1. The number of nitrogens with zero attached hydrogens (tertiary/aromatic N) is 2. The predicted octanol–water partition coefficient (Wildman–Crippen LogP) is 2.80. The van der Waals surface area contributed by atoms with Gasteiger partial charge in [-0.15, -0.1) is 0 Å². The average Bonchev–Trinajstić information content (AvgIpc) is 2.79. The molecule has 0 saturated carbocycles. The molecule has 0 radical (unpaired) electrons. The first-order chi connectivity index (χ1) is 8.41. The second-order valence-corrected chi connectivity index (χ2v) is 3.39. The molecule has 0 aliphatic carbocycles. The van der Waals surface area contributed by atoms with Gasteiger partial charge in [0.25, 0.3) is 0 Å². The van der Waals surface area contributed by atoms with E-state index in [1.807, 2.05) is 0 Å². The van der Waals surface area contributed by atoms with Crippen molar-refractivity contribution < 1.29 is 27.2 Å². The van der Waals surface area contributed by atoms with Crippen LogP contribution >= 0.6 is 0 Å². The molecule has 96 valence electrons. The lowest BCUT2D eigenvalue weighted by Gasteiger charge is -2.08. The maximum absolute atomic E-state index is 12.9. The third-order valence-corrected chi connectivity index (χ3v) is 2.11. The van der Waals surface area contributed by atoms with E-state index in [1.54, 1.807) is 0 Å². The molecule has 18 heavy (non-hydrogen) atoms. The van der Waals surface area contributed by atoms with Crippen LogP contribution in [0.1, 0.15) is 5.89 Å². The van der Waals surface area contributed by atoms with E-state index >= 15 is 0 Å². The largest absolute Gasteiger partial charge is 0.508 e. The van der Waals surface area contributed by atoms with Gasteiger partial charge >= 0.3 is 18.2 Å². The van der Waals surface area contributed by atoms with Crippen LogP contribution in [0.25, 0.3) is 11.4 Å². The van der Waals surface area contributed by atoms with Crippen LogP contribution in [0.3, 0.4) is 0 Å². The summed E-state index contributed by atoms with van der Waals surface area (Å²) in [6.45, 7) is 0. The molecule has 4 nitrogen and oxygen atoms in total. The Kier molecular flexibility index (Phi) is 2.93. The molecule has 1 aromatic heterocycles. The molecule has 0 spiro atoms. The summed E-state index contributed by atoms with van der Waals surface area (Å²) >= 11 is 0. The van der Waals surface area contributed by atoms with E-state index in [9.17, 15) is 17.6 Å². The van der Waals surface area contributed by atoms with Gasteiger partial charge in [-0.25, -0.2) is 8.78 Å². The van der Waals surface area contributed by atoms with Crippen LogP contribution in [0.2, 0.25) is 0 Å². The molecular formula is C10H6F4N2O2. The standard InChI is InChI=1S/C10H6F4N2O2/c11-8(12)10(13,14)9-15-7(16-18-9)5-1-3-6(17)4-2-5/h1-4,8,17H. The van der Waals surface area contributed by atoms with E-state index in [1.165, 1.54) is 24.3 Å². The van der Waals surface area contributed by atoms with Gasteiger partial charge in [0.2, 0.25) is 5.82 Å². The van der Waals surface area contributed by atoms with Crippen LogP contribution in [0.15, 0.2) is 28.8 Å². The summed E-state index contributed by atoms with van der Waals surface area (Å²) in [6, 6.07) is 5.22. The van der Waals surface area contributed by atoms with E-state index in [-0.39, 0.29) is 17.1 Å². The Morgan fingerprint density at radius 3 is 2.33 bits per heavy atom. The lowest BCUT2D eigenvalue weighted by Crippen LogP contribution is -2.23. The van der Waals surface area contributed by atoms with Gasteiger partial charge in [-0.1, -0.05) is 5.16 Å². The third kappa shape index (κ3) is 2.13. The van der Waals surface area contributed by atoms with Gasteiger partial charge in [0, 0.05) is 5.56 Å². The molecule has 8 heteroatoms. The smallest absolute Gasteiger partial charge is 0.383 e. The topological polar surface area (TPSA) is 59.2 Å². The molecule has 0 amide bonds. The minimum Gasteiger partial charge on any atom is -0.508 e. The first-order valence-electron chi connectivity index (χ1n) is 4.71. The maximum atomic E-state index is 12.9. The molecule has 0 fully saturated rings. The van der Waals surface area contributed by atoms with Gasteiger partial charge in [0.05, 0.1) is 0 Å². The molecule has 1 N–H and O–H groups in total. The molecule has 2 rings (SSSR count). The quantitative estimate of drug-likeness (QED) is 0.864. The number of halogens is 4. The molecule has 0 aliphatic heterocycles. The first-order valence-corrected chi connectivity index (χ1v) is 4.71. The zero-order valence-corrected chi connectivity index (χ0v) is 8.65. The summed E-state index contributed by atoms with van der Waals surface area (Å²) in [5, 5.41) is 12.2. The first kappa shape index (κ1) is 12.3. The Bertz CT molecular complexity index is 539. The molecular weight excluding hydrogens is 256 g/mol. The van der Waals surface area contributed by atoms with Crippen molar-refractivity contribution in [1.29, 1.82) is 0 Å². The fraction of sp³-hybridized carbons (Fsp3) is 0.200. The number of benzene rings is 1. The van der Waals surface area contributed by atoms with Crippen molar-refractivity contribution in [2.45, 2.75) is 12.3 Å². The van der Waals surface area contributed by atoms with Crippen LogP contribution in [0.4, 0.5) is 17.6 Å². The predicted molar refractivity (Wildman–Crippen MR) is 51.3 cm³/mol. The second kappa shape index (κ2) is 4.28. The van der Waals surface area contributed by atoms with Crippen LogP contribution in [-0.4, -0.2) is 21.7 Å². The molecule has 0 bridgehead atoms. The number of aromatic hydroxyl groups is 1. The van der Waals surface area contributed by atoms with Gasteiger partial charge in [-0.2, -0.15) is 13.8 Å². The van der Waals surface area contributed by atoms with Crippen molar-refractivity contribution in [2.75, 3.05) is 0 Å². The van der Waals surface area contributed by atoms with Crippen molar-refractivity contribution in [3.8, 4) is 17.1 Å². The summed E-state index contributed by atoms with van der Waals surface area (Å²) in [7, 11) is 0. The number of hydrogen-bond donors (Lipinski definition) is 1. The lowest BCUT2D eigenvalue weighted by molar-refractivity contribution is -0.152. The van der Waals surface area contributed by atoms with E-state index in [0.717, 1.165) is 0 Å². The molecule has 0 atom stereocenters. The van der Waals surface area contributed by atoms with E-state index in [4.69, 9.17) is 5.11 Å². The molecule has 0 saturated heterocycles. The van der Waals surface area contributed by atoms with Gasteiger partial charge in [-0.3, -0.25) is 0 Å². The Morgan fingerprint density at radius 1 is 1.17 bits per heavy atom. The summed E-state index contributed by atoms with van der Waals surface area (Å²) in [4.78, 5) is 3.21. The fourth-order valence-electron chi connectivity index (χ4n) is 1.18. The van der Waals surface area contributed by atoms with Crippen molar-refractivity contribution in [3.05, 3.63) is 30.2 Å². The highest BCUT2D eigenvalue weighted by Crippen LogP contribution is 2.34. The van der Waals surface area contributed by atoms with Gasteiger partial charge in [0.1, 0.15) is 5.75 Å². The Hall–Kier alpha value is -2.12. The van der Waals surface area contributed by atoms with E-state index in [0.29, 0.717) is 0 Å². The van der Waals surface area contributed by atoms with E-state index in [2.05, 4.69) is 14.7 Å². The number of phenols is 1. The summed E-state index contributed by atoms with van der Waals surface area (Å²) in [6.07, 6.45) is -3.93. The SMILES string of the molecule is Oc1ccc(-c2noc(C(F)(F)C(F)F)n2)cc1. The molecule has 0 unspecified atom stereocenters. The second-order valence-electron chi connectivity index (χ2n) is 3.39. The van der Waals surface area contributed by atoms with Crippen LogP contribution in [0.5, 0.6) is 5.75 Å². The fourth-order valence-corrected chi connectivity index (χ4v) is 1.18. The van der Waals surface area contributed by atoms with Crippen molar-refractivity contribution in [3.63, 3.8) is 0 Å². The minimum atomic E-state index is -4.48. The van der Waals surface area contributed by atoms with Gasteiger partial charge in [0.15, 0.2) is 0 Å². The molecule has 2 aromatic rings. The molecule has 0 aliphatic rings. The maximum Gasteiger partial charge on any atom is 0.383 e. The Morgan fingerprint density at radius 2 is 1.78 bits per heavy atom. The van der Waals surface area contributed by atoms with Crippen LogP contribution in [-0.2, 0) is 5.92 Å². The molecule has 1 aromatic carbocycles. The highest BCUT2D eigenvalue weighted by Gasteiger charge is 2.48. The number of hydrogen-bond acceptors (Lipinski definition) is 4. The van der Waals surface area contributed by atoms with Crippen LogP contribution in [0, 0.1) is 0 Å². The van der Waals surface area contributed by atoms with Crippen LogP contribution < -0.4 is 0 Å².